The van der Waals surface area contributed by atoms with Crippen LogP contribution < -0.4 is 11.1 Å². The quantitative estimate of drug-likeness (QED) is 0.812. The maximum absolute atomic E-state index is 12.0. The Labute approximate surface area is 111 Å². The average Bonchev–Trinajstić information content (AvgIpc) is 2.34. The number of carbonyl (C=O) groups is 1. The Morgan fingerprint density at radius 1 is 1.22 bits per heavy atom. The third kappa shape index (κ3) is 2.81. The van der Waals surface area contributed by atoms with E-state index in [0.29, 0.717) is 22.0 Å². The molecule has 0 fully saturated rings. The average molecular weight is 261 g/mol. The zero-order valence-corrected chi connectivity index (χ0v) is 10.7. The number of carbonyl (C=O) groups excluding carboxylic acids is 1. The summed E-state index contributed by atoms with van der Waals surface area (Å²) in [5.41, 5.74) is 8.59. The summed E-state index contributed by atoms with van der Waals surface area (Å²) in [6.45, 7) is 1.89. The number of rotatable bonds is 2. The van der Waals surface area contributed by atoms with Gasteiger partial charge in [0.05, 0.1) is 0 Å². The van der Waals surface area contributed by atoms with E-state index >= 15 is 0 Å². The fourth-order valence-corrected chi connectivity index (χ4v) is 1.78. The van der Waals surface area contributed by atoms with Crippen molar-refractivity contribution in [3.8, 4) is 0 Å². The molecule has 3 N–H and O–H groups in total. The SMILES string of the molecule is Cc1cc(NC(=O)c2cccc(Cl)c2)ccc1N. The number of anilines is 2. The van der Waals surface area contributed by atoms with Crippen molar-refractivity contribution in [3.05, 3.63) is 58.6 Å². The summed E-state index contributed by atoms with van der Waals surface area (Å²) in [5, 5.41) is 3.34. The lowest BCUT2D eigenvalue weighted by molar-refractivity contribution is 0.102. The van der Waals surface area contributed by atoms with E-state index in [9.17, 15) is 4.79 Å². The number of nitrogens with two attached hydrogens (primary N) is 1. The fourth-order valence-electron chi connectivity index (χ4n) is 1.59. The van der Waals surface area contributed by atoms with Crippen molar-refractivity contribution in [3.63, 3.8) is 0 Å². The molecule has 0 aliphatic rings. The second-order valence-corrected chi connectivity index (χ2v) is 4.47. The minimum Gasteiger partial charge on any atom is -0.399 e. The Balaban J connectivity index is 2.18. The predicted molar refractivity (Wildman–Crippen MR) is 75.0 cm³/mol. The molecule has 0 aliphatic heterocycles. The van der Waals surface area contributed by atoms with Gasteiger partial charge in [0.1, 0.15) is 0 Å². The number of nitrogen functional groups attached to an aromatic ring is 1. The van der Waals surface area contributed by atoms with Crippen molar-refractivity contribution in [2.75, 3.05) is 11.1 Å². The molecule has 0 aliphatic carbocycles. The van der Waals surface area contributed by atoms with Crippen LogP contribution in [0.2, 0.25) is 5.02 Å². The molecule has 0 saturated heterocycles. The van der Waals surface area contributed by atoms with Crippen molar-refractivity contribution in [2.45, 2.75) is 6.92 Å². The molecule has 0 spiro atoms. The summed E-state index contributed by atoms with van der Waals surface area (Å²) in [4.78, 5) is 12.0. The molecular formula is C14H13ClN2O. The number of benzene rings is 2. The summed E-state index contributed by atoms with van der Waals surface area (Å²) in [7, 11) is 0. The number of aryl methyl sites for hydroxylation is 1. The topological polar surface area (TPSA) is 55.1 Å². The largest absolute Gasteiger partial charge is 0.399 e. The molecular weight excluding hydrogens is 248 g/mol. The summed E-state index contributed by atoms with van der Waals surface area (Å²) >= 11 is 5.84. The van der Waals surface area contributed by atoms with Crippen molar-refractivity contribution in [2.24, 2.45) is 0 Å². The Kier molecular flexibility index (Phi) is 3.53. The first-order valence-corrected chi connectivity index (χ1v) is 5.87. The fraction of sp³-hybridized carbons (Fsp3) is 0.0714. The first-order valence-electron chi connectivity index (χ1n) is 5.49. The molecule has 2 aromatic carbocycles. The molecule has 0 saturated carbocycles. The van der Waals surface area contributed by atoms with Gasteiger partial charge in [0.2, 0.25) is 0 Å². The van der Waals surface area contributed by atoms with E-state index in [4.69, 9.17) is 17.3 Å². The monoisotopic (exact) mass is 260 g/mol. The molecule has 2 aromatic rings. The molecule has 0 heterocycles. The van der Waals surface area contributed by atoms with Crippen LogP contribution in [0.1, 0.15) is 15.9 Å². The standard InChI is InChI=1S/C14H13ClN2O/c1-9-7-12(5-6-13(9)16)17-14(18)10-3-2-4-11(15)8-10/h2-8H,16H2,1H3,(H,17,18). The maximum atomic E-state index is 12.0. The van der Waals surface area contributed by atoms with Crippen LogP contribution in [-0.2, 0) is 0 Å². The van der Waals surface area contributed by atoms with E-state index < -0.39 is 0 Å². The van der Waals surface area contributed by atoms with Gasteiger partial charge in [-0.2, -0.15) is 0 Å². The molecule has 92 valence electrons. The van der Waals surface area contributed by atoms with E-state index in [1.54, 1.807) is 36.4 Å². The predicted octanol–water partition coefficient (Wildman–Crippen LogP) is 3.48. The zero-order chi connectivity index (χ0) is 13.1. The van der Waals surface area contributed by atoms with Gasteiger partial charge in [0.15, 0.2) is 0 Å². The smallest absolute Gasteiger partial charge is 0.255 e. The molecule has 18 heavy (non-hydrogen) atoms. The Morgan fingerprint density at radius 3 is 2.67 bits per heavy atom. The Bertz CT molecular complexity index is 596. The normalized spacial score (nSPS) is 10.1. The van der Waals surface area contributed by atoms with Crippen molar-refractivity contribution >= 4 is 28.9 Å². The van der Waals surface area contributed by atoms with Crippen LogP contribution in [0.3, 0.4) is 0 Å². The van der Waals surface area contributed by atoms with Crippen molar-refractivity contribution in [1.29, 1.82) is 0 Å². The van der Waals surface area contributed by atoms with Gasteiger partial charge in [-0.05, 0) is 48.9 Å². The Hall–Kier alpha value is -2.00. The number of halogens is 1. The highest BCUT2D eigenvalue weighted by Gasteiger charge is 2.06. The first-order chi connectivity index (χ1) is 8.56. The van der Waals surface area contributed by atoms with E-state index in [2.05, 4.69) is 5.32 Å². The molecule has 4 heteroatoms. The van der Waals surface area contributed by atoms with E-state index in [-0.39, 0.29) is 5.91 Å². The van der Waals surface area contributed by atoms with Crippen LogP contribution in [0.5, 0.6) is 0 Å². The summed E-state index contributed by atoms with van der Waals surface area (Å²) in [6, 6.07) is 12.2. The Morgan fingerprint density at radius 2 is 2.00 bits per heavy atom. The number of amides is 1. The minimum atomic E-state index is -0.193. The molecule has 0 aromatic heterocycles. The van der Waals surface area contributed by atoms with Gasteiger partial charge >= 0.3 is 0 Å². The molecule has 0 radical (unpaired) electrons. The highest BCUT2D eigenvalue weighted by Crippen LogP contribution is 2.18. The van der Waals surface area contributed by atoms with Gasteiger partial charge in [-0.15, -0.1) is 0 Å². The number of nitrogens with one attached hydrogen (secondary N) is 1. The van der Waals surface area contributed by atoms with Gasteiger partial charge in [-0.3, -0.25) is 4.79 Å². The molecule has 2 rings (SSSR count). The van der Waals surface area contributed by atoms with Crippen LogP contribution >= 0.6 is 11.6 Å². The minimum absolute atomic E-state index is 0.193. The summed E-state index contributed by atoms with van der Waals surface area (Å²) in [5.74, 6) is -0.193. The third-order valence-electron chi connectivity index (χ3n) is 2.61. The maximum Gasteiger partial charge on any atom is 0.255 e. The zero-order valence-electron chi connectivity index (χ0n) is 9.91. The van der Waals surface area contributed by atoms with Crippen LogP contribution in [0.4, 0.5) is 11.4 Å². The van der Waals surface area contributed by atoms with Crippen LogP contribution in [0, 0.1) is 6.92 Å². The molecule has 0 unspecified atom stereocenters. The van der Waals surface area contributed by atoms with Gasteiger partial charge < -0.3 is 11.1 Å². The summed E-state index contributed by atoms with van der Waals surface area (Å²) < 4.78 is 0. The van der Waals surface area contributed by atoms with Crippen molar-refractivity contribution < 1.29 is 4.79 Å². The van der Waals surface area contributed by atoms with Crippen LogP contribution in [-0.4, -0.2) is 5.91 Å². The number of hydrogen-bond acceptors (Lipinski definition) is 2. The highest BCUT2D eigenvalue weighted by atomic mass is 35.5. The summed E-state index contributed by atoms with van der Waals surface area (Å²) in [6.07, 6.45) is 0. The van der Waals surface area contributed by atoms with E-state index in [0.717, 1.165) is 5.56 Å². The molecule has 0 atom stereocenters. The van der Waals surface area contributed by atoms with Crippen LogP contribution in [0.15, 0.2) is 42.5 Å². The number of hydrogen-bond donors (Lipinski definition) is 2. The van der Waals surface area contributed by atoms with Gasteiger partial charge in [-0.1, -0.05) is 17.7 Å². The molecule has 1 amide bonds. The third-order valence-corrected chi connectivity index (χ3v) is 2.85. The van der Waals surface area contributed by atoms with Crippen LogP contribution in [0.25, 0.3) is 0 Å². The lowest BCUT2D eigenvalue weighted by Gasteiger charge is -2.07. The highest BCUT2D eigenvalue weighted by molar-refractivity contribution is 6.31. The second-order valence-electron chi connectivity index (χ2n) is 4.04. The first kappa shape index (κ1) is 12.5. The van der Waals surface area contributed by atoms with E-state index in [1.165, 1.54) is 0 Å². The van der Waals surface area contributed by atoms with E-state index in [1.807, 2.05) is 13.0 Å². The molecule has 0 bridgehead atoms. The molecule has 3 nitrogen and oxygen atoms in total. The van der Waals surface area contributed by atoms with Gasteiger partial charge in [0, 0.05) is 22.0 Å². The second kappa shape index (κ2) is 5.10. The van der Waals surface area contributed by atoms with Gasteiger partial charge in [-0.25, -0.2) is 0 Å². The van der Waals surface area contributed by atoms with Crippen molar-refractivity contribution in [1.82, 2.24) is 0 Å². The lowest BCUT2D eigenvalue weighted by Crippen LogP contribution is -2.11. The van der Waals surface area contributed by atoms with Gasteiger partial charge in [0.25, 0.3) is 5.91 Å². The lowest BCUT2D eigenvalue weighted by atomic mass is 10.1.